The van der Waals surface area contributed by atoms with E-state index in [9.17, 15) is 23.8 Å². The number of hydrogen-bond acceptors (Lipinski definition) is 9. The van der Waals surface area contributed by atoms with Crippen LogP contribution < -0.4 is 5.73 Å². The van der Waals surface area contributed by atoms with E-state index >= 15 is 0 Å². The molecule has 0 rings (SSSR count). The smallest absolute Gasteiger partial charge is 0.472 e. The number of carbonyl (C=O) groups is 3. The van der Waals surface area contributed by atoms with Gasteiger partial charge in [-0.2, -0.15) is 0 Å². The molecule has 0 saturated heterocycles. The molecule has 0 aromatic heterocycles. The highest BCUT2D eigenvalue weighted by Crippen LogP contribution is 2.43. The largest absolute Gasteiger partial charge is 0.480 e. The maximum Gasteiger partial charge on any atom is 0.472 e. The fourth-order valence-corrected chi connectivity index (χ4v) is 5.92. The van der Waals surface area contributed by atoms with Crippen molar-refractivity contribution in [2.24, 2.45) is 5.73 Å². The standard InChI is InChI=1S/C44H74NO10P/c1-3-5-7-9-11-13-15-17-19-20-22-24-26-28-30-32-34-36-43(47)55-40(38-53-56(50,51)54-39-41(45)44(48)49)37-52-42(46)35-33-31-29-27-25-23-21-18-16-14-12-10-8-6-4-2/h6,8,11-14,17-19,21,25,27,40-41H,3-5,7,9-10,15-16,20,22-24,26,28-39,45H2,1-2H3,(H,48,49)(H,50,51)/b8-6+,13-11+,14-12+,19-17+,21-18+,27-25+/t40-,41+/m1/s1. The molecule has 56 heavy (non-hydrogen) atoms. The average molecular weight is 808 g/mol. The summed E-state index contributed by atoms with van der Waals surface area (Å²) in [5.74, 6) is -2.45. The van der Waals surface area contributed by atoms with Crippen LogP contribution in [0, 0.1) is 0 Å². The zero-order valence-corrected chi connectivity index (χ0v) is 35.3. The van der Waals surface area contributed by atoms with Gasteiger partial charge in [0.2, 0.25) is 0 Å². The molecule has 4 N–H and O–H groups in total. The molecule has 0 amide bonds. The maximum absolute atomic E-state index is 12.6. The molecule has 12 heteroatoms. The molecule has 0 aliphatic rings. The average Bonchev–Trinajstić information content (AvgIpc) is 3.17. The number of unbranched alkanes of at least 4 members (excludes halogenated alkanes) is 12. The first-order chi connectivity index (χ1) is 27.1. The summed E-state index contributed by atoms with van der Waals surface area (Å²) < 4.78 is 32.6. The molecule has 1 unspecified atom stereocenters. The van der Waals surface area contributed by atoms with E-state index in [0.29, 0.717) is 12.8 Å². The number of hydrogen-bond donors (Lipinski definition) is 3. The van der Waals surface area contributed by atoms with Crippen LogP contribution in [0.5, 0.6) is 0 Å². The van der Waals surface area contributed by atoms with Crippen molar-refractivity contribution in [3.05, 3.63) is 72.9 Å². The lowest BCUT2D eigenvalue weighted by Crippen LogP contribution is -2.34. The number of allylic oxidation sites excluding steroid dienone is 12. The first-order valence-electron chi connectivity index (χ1n) is 21.0. The number of ether oxygens (including phenoxy) is 2. The lowest BCUT2D eigenvalue weighted by molar-refractivity contribution is -0.161. The van der Waals surface area contributed by atoms with Crippen LogP contribution in [0.1, 0.15) is 155 Å². The third-order valence-corrected chi connectivity index (χ3v) is 9.39. The van der Waals surface area contributed by atoms with Crippen LogP contribution in [0.2, 0.25) is 0 Å². The molecular weight excluding hydrogens is 733 g/mol. The van der Waals surface area contributed by atoms with Gasteiger partial charge in [-0.25, -0.2) is 4.57 Å². The number of aliphatic carboxylic acids is 1. The summed E-state index contributed by atoms with van der Waals surface area (Å²) >= 11 is 0. The lowest BCUT2D eigenvalue weighted by atomic mass is 10.1. The minimum Gasteiger partial charge on any atom is -0.480 e. The number of carboxylic acid groups (broad SMARTS) is 1. The molecule has 0 saturated carbocycles. The van der Waals surface area contributed by atoms with Gasteiger partial charge in [0.25, 0.3) is 0 Å². The molecule has 11 nitrogen and oxygen atoms in total. The molecule has 0 aromatic carbocycles. The summed E-state index contributed by atoms with van der Waals surface area (Å²) in [6.45, 7) is 2.59. The number of rotatable bonds is 38. The number of carboxylic acids is 1. The predicted octanol–water partition coefficient (Wildman–Crippen LogP) is 10.9. The SMILES string of the molecule is CC/C=C/C/C=C/C/C=C/C/C=C/CCCCC(=O)OC[C@H](COP(=O)(O)OC[C@H](N)C(=O)O)OC(=O)CCCCCCCCC/C=C/C/C=C/CCCCC. The highest BCUT2D eigenvalue weighted by molar-refractivity contribution is 7.47. The molecule has 0 aliphatic heterocycles. The van der Waals surface area contributed by atoms with Gasteiger partial charge in [0.1, 0.15) is 12.6 Å². The molecule has 0 aromatic rings. The van der Waals surface area contributed by atoms with E-state index < -0.39 is 51.1 Å². The van der Waals surface area contributed by atoms with E-state index in [4.69, 9.17) is 24.8 Å². The van der Waals surface area contributed by atoms with Crippen LogP contribution in [0.25, 0.3) is 0 Å². The Hall–Kier alpha value is -3.08. The Morgan fingerprint density at radius 2 is 1.00 bits per heavy atom. The van der Waals surface area contributed by atoms with Gasteiger partial charge in [0, 0.05) is 12.8 Å². The van der Waals surface area contributed by atoms with E-state index in [0.717, 1.165) is 77.0 Å². The third kappa shape index (κ3) is 37.8. The van der Waals surface area contributed by atoms with E-state index in [1.165, 1.54) is 38.5 Å². The molecule has 0 bridgehead atoms. The fraction of sp³-hybridized carbons (Fsp3) is 0.659. The molecule has 0 spiro atoms. The van der Waals surface area contributed by atoms with Crippen molar-refractivity contribution < 1.29 is 47.5 Å². The third-order valence-electron chi connectivity index (χ3n) is 8.44. The van der Waals surface area contributed by atoms with Crippen molar-refractivity contribution in [1.82, 2.24) is 0 Å². The highest BCUT2D eigenvalue weighted by Gasteiger charge is 2.28. The summed E-state index contributed by atoms with van der Waals surface area (Å²) in [5.41, 5.74) is 5.32. The second-order valence-corrected chi connectivity index (χ2v) is 15.2. The predicted molar refractivity (Wildman–Crippen MR) is 226 cm³/mol. The monoisotopic (exact) mass is 808 g/mol. The van der Waals surface area contributed by atoms with Gasteiger partial charge in [0.15, 0.2) is 6.10 Å². The normalized spacial score (nSPS) is 14.5. The van der Waals surface area contributed by atoms with Crippen LogP contribution in [0.3, 0.4) is 0 Å². The van der Waals surface area contributed by atoms with E-state index in [-0.39, 0.29) is 19.4 Å². The van der Waals surface area contributed by atoms with Crippen LogP contribution >= 0.6 is 7.82 Å². The zero-order valence-electron chi connectivity index (χ0n) is 34.4. The fourth-order valence-electron chi connectivity index (χ4n) is 5.14. The number of esters is 2. The Morgan fingerprint density at radius 1 is 0.571 bits per heavy atom. The van der Waals surface area contributed by atoms with Crippen LogP contribution in [0.15, 0.2) is 72.9 Å². The van der Waals surface area contributed by atoms with E-state index in [1.54, 1.807) is 0 Å². The second kappa shape index (κ2) is 38.8. The summed E-state index contributed by atoms with van der Waals surface area (Å²) in [7, 11) is -4.73. The van der Waals surface area contributed by atoms with Gasteiger partial charge in [-0.15, -0.1) is 0 Å². The van der Waals surface area contributed by atoms with E-state index in [1.807, 2.05) is 0 Å². The minimum absolute atomic E-state index is 0.139. The van der Waals surface area contributed by atoms with Crippen LogP contribution in [-0.2, 0) is 37.5 Å². The summed E-state index contributed by atoms with van der Waals surface area (Å²) in [6, 6.07) is -1.53. The van der Waals surface area contributed by atoms with Crippen molar-refractivity contribution in [3.8, 4) is 0 Å². The summed E-state index contributed by atoms with van der Waals surface area (Å²) in [6.07, 6.45) is 45.4. The summed E-state index contributed by atoms with van der Waals surface area (Å²) in [4.78, 5) is 45.9. The van der Waals surface area contributed by atoms with Crippen LogP contribution in [-0.4, -0.2) is 59.9 Å². The Kier molecular flexibility index (Phi) is 36.6. The number of phosphoric acid groups is 1. The first-order valence-corrected chi connectivity index (χ1v) is 22.5. The lowest BCUT2D eigenvalue weighted by Gasteiger charge is -2.20. The van der Waals surface area contributed by atoms with E-state index in [2.05, 4.69) is 91.3 Å². The Labute approximate surface area is 338 Å². The maximum atomic E-state index is 12.6. The van der Waals surface area contributed by atoms with Gasteiger partial charge >= 0.3 is 25.7 Å². The van der Waals surface area contributed by atoms with Gasteiger partial charge in [0.05, 0.1) is 13.2 Å². The quantitative estimate of drug-likeness (QED) is 0.0235. The van der Waals surface area contributed by atoms with Crippen LogP contribution in [0.4, 0.5) is 0 Å². The summed E-state index contributed by atoms with van der Waals surface area (Å²) in [5, 5.41) is 8.88. The molecule has 3 atom stereocenters. The Bertz CT molecular complexity index is 1230. The molecular formula is C44H74NO10P. The van der Waals surface area contributed by atoms with Gasteiger partial charge in [-0.3, -0.25) is 23.4 Å². The topological polar surface area (TPSA) is 172 Å². The van der Waals surface area contributed by atoms with Crippen molar-refractivity contribution in [2.45, 2.75) is 167 Å². The number of nitrogens with two attached hydrogens (primary N) is 1. The molecule has 0 heterocycles. The van der Waals surface area contributed by atoms with Gasteiger partial charge in [-0.05, 0) is 83.5 Å². The molecule has 0 radical (unpaired) electrons. The Morgan fingerprint density at radius 3 is 1.54 bits per heavy atom. The second-order valence-electron chi connectivity index (χ2n) is 13.7. The van der Waals surface area contributed by atoms with Crippen molar-refractivity contribution in [1.29, 1.82) is 0 Å². The van der Waals surface area contributed by atoms with Gasteiger partial charge in [-0.1, -0.05) is 132 Å². The van der Waals surface area contributed by atoms with Crippen molar-refractivity contribution in [2.75, 3.05) is 19.8 Å². The minimum atomic E-state index is -4.73. The Balaban J connectivity index is 4.48. The zero-order chi connectivity index (χ0) is 41.4. The number of phosphoric ester groups is 1. The van der Waals surface area contributed by atoms with Gasteiger partial charge < -0.3 is 25.2 Å². The molecule has 0 fully saturated rings. The first kappa shape index (κ1) is 52.9. The van der Waals surface area contributed by atoms with Crippen molar-refractivity contribution >= 4 is 25.7 Å². The highest BCUT2D eigenvalue weighted by atomic mass is 31.2. The molecule has 0 aliphatic carbocycles. The molecule has 320 valence electrons. The van der Waals surface area contributed by atoms with Crippen molar-refractivity contribution in [3.63, 3.8) is 0 Å². The number of carbonyl (C=O) groups excluding carboxylic acids is 2.